The van der Waals surface area contributed by atoms with Gasteiger partial charge in [0.1, 0.15) is 23.5 Å². The van der Waals surface area contributed by atoms with E-state index < -0.39 is 18.0 Å². The van der Waals surface area contributed by atoms with Gasteiger partial charge in [-0.1, -0.05) is 19.4 Å². The summed E-state index contributed by atoms with van der Waals surface area (Å²) in [7, 11) is 0. The van der Waals surface area contributed by atoms with Crippen LogP contribution in [-0.2, 0) is 23.9 Å². The molecule has 14 heteroatoms. The molecule has 6 rings (SSSR count). The quantitative estimate of drug-likeness (QED) is 0.317. The van der Waals surface area contributed by atoms with Gasteiger partial charge in [-0.25, -0.2) is 9.78 Å². The number of aromatic nitrogens is 1. The van der Waals surface area contributed by atoms with E-state index in [0.717, 1.165) is 44.1 Å². The van der Waals surface area contributed by atoms with Gasteiger partial charge in [-0.3, -0.25) is 19.2 Å². The van der Waals surface area contributed by atoms with Crippen LogP contribution in [0.4, 0.5) is 4.79 Å². The zero-order chi connectivity index (χ0) is 35.9. The van der Waals surface area contributed by atoms with Gasteiger partial charge in [0.05, 0.1) is 18.7 Å². The van der Waals surface area contributed by atoms with Gasteiger partial charge in [0.2, 0.25) is 11.8 Å². The molecule has 3 atom stereocenters. The number of carbonyl (C=O) groups is 5. The third-order valence-corrected chi connectivity index (χ3v) is 10.4. The van der Waals surface area contributed by atoms with Gasteiger partial charge in [-0.2, -0.15) is 0 Å². The molecule has 1 aliphatic carbocycles. The summed E-state index contributed by atoms with van der Waals surface area (Å²) < 4.78 is 17.0. The minimum atomic E-state index is -0.859. The first-order valence-corrected chi connectivity index (χ1v) is 18.4. The van der Waals surface area contributed by atoms with E-state index in [-0.39, 0.29) is 48.1 Å². The average molecular weight is 707 g/mol. The Labute approximate surface area is 298 Å². The van der Waals surface area contributed by atoms with E-state index in [9.17, 15) is 24.0 Å². The van der Waals surface area contributed by atoms with Crippen LogP contribution in [-0.4, -0.2) is 127 Å². The number of amides is 5. The lowest BCUT2D eigenvalue weighted by Crippen LogP contribution is -2.58. The van der Waals surface area contributed by atoms with E-state index in [1.807, 2.05) is 32.0 Å². The second kappa shape index (κ2) is 16.7. The Kier molecular flexibility index (Phi) is 11.9. The Morgan fingerprint density at radius 1 is 0.980 bits per heavy atom. The van der Waals surface area contributed by atoms with Crippen LogP contribution < -0.4 is 15.4 Å². The van der Waals surface area contributed by atoms with Crippen molar-refractivity contribution in [1.29, 1.82) is 0 Å². The predicted molar refractivity (Wildman–Crippen MR) is 187 cm³/mol. The molecule has 51 heavy (non-hydrogen) atoms. The van der Waals surface area contributed by atoms with Gasteiger partial charge in [0.15, 0.2) is 6.61 Å². The van der Waals surface area contributed by atoms with Crippen molar-refractivity contribution < 1.29 is 38.2 Å². The molecular weight excluding hydrogens is 656 g/mol. The maximum atomic E-state index is 13.9. The molecule has 276 valence electrons. The van der Waals surface area contributed by atoms with Gasteiger partial charge in [0, 0.05) is 62.7 Å². The highest BCUT2D eigenvalue weighted by molar-refractivity contribution is 5.99. The number of hydrogen-bond donors (Lipinski definition) is 2. The first kappa shape index (κ1) is 36.3. The molecule has 2 N–H and O–H groups in total. The van der Waals surface area contributed by atoms with E-state index >= 15 is 0 Å². The molecule has 5 amide bonds. The van der Waals surface area contributed by atoms with Crippen LogP contribution in [0.15, 0.2) is 24.3 Å². The molecule has 3 unspecified atom stereocenters. The van der Waals surface area contributed by atoms with Crippen LogP contribution >= 0.6 is 0 Å². The number of pyridine rings is 1. The lowest BCUT2D eigenvalue weighted by Gasteiger charge is -2.37. The number of nitrogens with one attached hydrogen (secondary N) is 2. The number of nitrogens with zero attached hydrogens (tertiary/aromatic N) is 4. The fourth-order valence-corrected chi connectivity index (χ4v) is 7.07. The first-order chi connectivity index (χ1) is 24.7. The molecule has 3 aliphatic heterocycles. The van der Waals surface area contributed by atoms with Crippen molar-refractivity contribution in [2.24, 2.45) is 5.92 Å². The Morgan fingerprint density at radius 3 is 2.47 bits per heavy atom. The SMILES string of the molecule is CCCCOC(=O)N1CCN(C(=O)C(NC(=O)c2cc(OCC(=O)N3CCCC3C(=O)NC3CCC3)c3ccc(C)cc3n2)C2CCOC2)CC1. The second-order valence-electron chi connectivity index (χ2n) is 14.1. The number of hydrogen-bond acceptors (Lipinski definition) is 9. The maximum Gasteiger partial charge on any atom is 0.409 e. The van der Waals surface area contributed by atoms with Gasteiger partial charge >= 0.3 is 6.09 Å². The highest BCUT2D eigenvalue weighted by Gasteiger charge is 2.38. The molecule has 1 aromatic carbocycles. The molecule has 3 saturated heterocycles. The monoisotopic (exact) mass is 706 g/mol. The van der Waals surface area contributed by atoms with Gasteiger partial charge in [0.25, 0.3) is 11.8 Å². The number of carbonyl (C=O) groups excluding carboxylic acids is 5. The zero-order valence-electron chi connectivity index (χ0n) is 29.7. The number of piperazine rings is 1. The van der Waals surface area contributed by atoms with Gasteiger partial charge in [-0.15, -0.1) is 0 Å². The Morgan fingerprint density at radius 2 is 1.76 bits per heavy atom. The van der Waals surface area contributed by atoms with Crippen molar-refractivity contribution in [3.8, 4) is 5.75 Å². The van der Waals surface area contributed by atoms with E-state index in [4.69, 9.17) is 14.2 Å². The topological polar surface area (TPSA) is 160 Å². The summed E-state index contributed by atoms with van der Waals surface area (Å²) in [6.07, 6.45) is 6.35. The predicted octanol–water partition coefficient (Wildman–Crippen LogP) is 2.80. The number of likely N-dealkylation sites (tertiary alicyclic amines) is 1. The molecule has 2 aromatic rings. The number of fused-ring (bicyclic) bond motifs is 1. The summed E-state index contributed by atoms with van der Waals surface area (Å²) in [5.74, 6) is -1.13. The van der Waals surface area contributed by atoms with Crippen molar-refractivity contribution in [2.45, 2.75) is 83.3 Å². The highest BCUT2D eigenvalue weighted by atomic mass is 16.6. The summed E-state index contributed by atoms with van der Waals surface area (Å²) in [5, 5.41) is 6.64. The first-order valence-electron chi connectivity index (χ1n) is 18.4. The van der Waals surface area contributed by atoms with Crippen molar-refractivity contribution in [2.75, 3.05) is 59.2 Å². The third-order valence-electron chi connectivity index (χ3n) is 10.4. The molecule has 0 bridgehead atoms. The van der Waals surface area contributed by atoms with Gasteiger partial charge in [-0.05, 0) is 69.6 Å². The van der Waals surface area contributed by atoms with Crippen molar-refractivity contribution in [1.82, 2.24) is 30.3 Å². The molecule has 0 radical (unpaired) electrons. The molecule has 4 fully saturated rings. The summed E-state index contributed by atoms with van der Waals surface area (Å²) in [6.45, 7) is 6.63. The molecule has 4 heterocycles. The molecule has 0 spiro atoms. The van der Waals surface area contributed by atoms with E-state index in [1.54, 1.807) is 14.7 Å². The van der Waals surface area contributed by atoms with Gasteiger partial charge < -0.3 is 39.5 Å². The summed E-state index contributed by atoms with van der Waals surface area (Å²) >= 11 is 0. The fourth-order valence-electron chi connectivity index (χ4n) is 7.07. The number of ether oxygens (including phenoxy) is 3. The molecule has 14 nitrogen and oxygen atoms in total. The fraction of sp³-hybridized carbons (Fsp3) is 0.622. The zero-order valence-corrected chi connectivity index (χ0v) is 29.7. The standard InChI is InChI=1S/C37H50N6O8/c1-3-4-18-50-37(48)42-16-14-41(15-17-42)36(47)33(25-12-19-49-22-25)40-34(45)29-21-31(27-11-10-24(2)20-28(27)39-29)51-23-32(44)43-13-6-9-30(43)35(46)38-26-7-5-8-26/h10-11,20-21,25-26,30,33H,3-9,12-19,22-23H2,1-2H3,(H,38,46)(H,40,45). The largest absolute Gasteiger partial charge is 0.483 e. The minimum Gasteiger partial charge on any atom is -0.483 e. The van der Waals surface area contributed by atoms with Crippen molar-refractivity contribution in [3.63, 3.8) is 0 Å². The normalized spacial score (nSPS) is 21.3. The Hall–Kier alpha value is -4.46. The lowest BCUT2D eigenvalue weighted by molar-refractivity contribution is -0.140. The number of rotatable bonds is 12. The second-order valence-corrected chi connectivity index (χ2v) is 14.1. The summed E-state index contributed by atoms with van der Waals surface area (Å²) in [6, 6.07) is 5.89. The highest BCUT2D eigenvalue weighted by Crippen LogP contribution is 2.28. The Bertz CT molecular complexity index is 1600. The number of unbranched alkanes of at least 4 members (excludes halogenated alkanes) is 1. The molecule has 4 aliphatic rings. The van der Waals surface area contributed by atoms with Crippen LogP contribution in [0.2, 0.25) is 0 Å². The summed E-state index contributed by atoms with van der Waals surface area (Å²) in [4.78, 5) is 76.1. The van der Waals surface area contributed by atoms with Crippen LogP contribution in [0.25, 0.3) is 10.9 Å². The molecular formula is C37H50N6O8. The minimum absolute atomic E-state index is 0.0471. The van der Waals surface area contributed by atoms with Crippen molar-refractivity contribution >= 4 is 40.6 Å². The van der Waals surface area contributed by atoms with Crippen LogP contribution in [0.1, 0.15) is 74.3 Å². The van der Waals surface area contributed by atoms with Crippen molar-refractivity contribution in [3.05, 3.63) is 35.5 Å². The van der Waals surface area contributed by atoms with E-state index in [0.29, 0.717) is 82.0 Å². The smallest absolute Gasteiger partial charge is 0.409 e. The molecule has 1 aromatic heterocycles. The third kappa shape index (κ3) is 8.71. The van der Waals surface area contributed by atoms with Crippen LogP contribution in [0, 0.1) is 12.8 Å². The van der Waals surface area contributed by atoms with E-state index in [2.05, 4.69) is 15.6 Å². The maximum absolute atomic E-state index is 13.9. The van der Waals surface area contributed by atoms with Crippen LogP contribution in [0.3, 0.4) is 0 Å². The van der Waals surface area contributed by atoms with Crippen LogP contribution in [0.5, 0.6) is 5.75 Å². The number of aryl methyl sites for hydroxylation is 1. The van der Waals surface area contributed by atoms with E-state index in [1.165, 1.54) is 6.07 Å². The average Bonchev–Trinajstić information content (AvgIpc) is 3.84. The lowest BCUT2D eigenvalue weighted by atomic mass is 9.93. The Balaban J connectivity index is 1.14. The summed E-state index contributed by atoms with van der Waals surface area (Å²) in [5.41, 5.74) is 1.49. The molecule has 1 saturated carbocycles. The number of benzene rings is 1.